The van der Waals surface area contributed by atoms with Gasteiger partial charge in [-0.05, 0) is 69.0 Å². The van der Waals surface area contributed by atoms with E-state index in [-0.39, 0.29) is 30.1 Å². The summed E-state index contributed by atoms with van der Waals surface area (Å²) in [5, 5.41) is 6.14. The van der Waals surface area contributed by atoms with Gasteiger partial charge in [0.15, 0.2) is 0 Å². The molecule has 0 radical (unpaired) electrons. The van der Waals surface area contributed by atoms with Gasteiger partial charge in [0.25, 0.3) is 5.91 Å². The van der Waals surface area contributed by atoms with Crippen molar-refractivity contribution in [2.75, 3.05) is 32.0 Å². The van der Waals surface area contributed by atoms with E-state index in [2.05, 4.69) is 17.6 Å². The van der Waals surface area contributed by atoms with Crippen molar-refractivity contribution in [1.82, 2.24) is 10.2 Å². The van der Waals surface area contributed by atoms with E-state index >= 15 is 0 Å². The summed E-state index contributed by atoms with van der Waals surface area (Å²) >= 11 is 0. The van der Waals surface area contributed by atoms with Gasteiger partial charge in [-0.15, -0.1) is 12.4 Å². The molecule has 1 aromatic rings. The lowest BCUT2D eigenvalue weighted by Crippen LogP contribution is -2.40. The van der Waals surface area contributed by atoms with Crippen LogP contribution in [0.1, 0.15) is 36.5 Å². The Hall–Kier alpha value is -1.59. The van der Waals surface area contributed by atoms with E-state index < -0.39 is 0 Å². The smallest absolute Gasteiger partial charge is 0.253 e. The lowest BCUT2D eigenvalue weighted by molar-refractivity contribution is -0.117. The molecule has 1 aliphatic heterocycles. The average Bonchev–Trinajstić information content (AvgIpc) is 3.33. The maximum absolute atomic E-state index is 12.6. The third-order valence-electron chi connectivity index (χ3n) is 5.24. The molecule has 6 heteroatoms. The van der Waals surface area contributed by atoms with Crippen LogP contribution in [0.4, 0.5) is 5.69 Å². The molecule has 2 atom stereocenters. The van der Waals surface area contributed by atoms with E-state index in [1.165, 1.54) is 0 Å². The summed E-state index contributed by atoms with van der Waals surface area (Å²) in [6, 6.07) is 7.28. The van der Waals surface area contributed by atoms with Crippen LogP contribution in [0.25, 0.3) is 0 Å². The highest BCUT2D eigenvalue weighted by Gasteiger charge is 2.39. The third kappa shape index (κ3) is 4.95. The van der Waals surface area contributed by atoms with Crippen LogP contribution in [-0.2, 0) is 4.79 Å². The minimum absolute atomic E-state index is 0. The van der Waals surface area contributed by atoms with Crippen LogP contribution in [0.2, 0.25) is 0 Å². The molecular formula is C19H28ClN3O2. The third-order valence-corrected chi connectivity index (χ3v) is 5.24. The number of likely N-dealkylation sites (tertiary alicyclic amines) is 1. The zero-order valence-electron chi connectivity index (χ0n) is 15.0. The Labute approximate surface area is 155 Å². The predicted molar refractivity (Wildman–Crippen MR) is 102 cm³/mol. The molecule has 1 saturated heterocycles. The first kappa shape index (κ1) is 19.7. The Bertz CT molecular complexity index is 597. The number of piperidine rings is 1. The normalized spacial score (nSPS) is 22.9. The van der Waals surface area contributed by atoms with Crippen molar-refractivity contribution in [3.8, 4) is 0 Å². The molecule has 2 unspecified atom stereocenters. The van der Waals surface area contributed by atoms with Gasteiger partial charge in [0.05, 0.1) is 0 Å². The molecule has 5 nitrogen and oxygen atoms in total. The number of halogens is 1. The number of hydrogen-bond acceptors (Lipinski definition) is 3. The Balaban J connectivity index is 0.00000225. The number of hydrogen-bond donors (Lipinski definition) is 2. The molecule has 0 spiro atoms. The zero-order valence-corrected chi connectivity index (χ0v) is 15.8. The van der Waals surface area contributed by atoms with Gasteiger partial charge in [-0.1, -0.05) is 6.92 Å². The van der Waals surface area contributed by atoms with Gasteiger partial charge in [0, 0.05) is 30.3 Å². The van der Waals surface area contributed by atoms with Crippen molar-refractivity contribution < 1.29 is 9.59 Å². The van der Waals surface area contributed by atoms with Crippen molar-refractivity contribution in [2.24, 2.45) is 17.8 Å². The Morgan fingerprint density at radius 2 is 1.76 bits per heavy atom. The molecule has 1 saturated carbocycles. The van der Waals surface area contributed by atoms with Crippen molar-refractivity contribution in [3.05, 3.63) is 29.8 Å². The van der Waals surface area contributed by atoms with Crippen LogP contribution in [0, 0.1) is 17.8 Å². The molecule has 3 rings (SSSR count). The molecule has 0 aromatic heterocycles. The van der Waals surface area contributed by atoms with Gasteiger partial charge in [-0.2, -0.15) is 0 Å². The lowest BCUT2D eigenvalue weighted by atomic mass is 9.96. The van der Waals surface area contributed by atoms with Crippen LogP contribution < -0.4 is 10.6 Å². The molecule has 2 amide bonds. The summed E-state index contributed by atoms with van der Waals surface area (Å²) in [4.78, 5) is 26.5. The Kier molecular flexibility index (Phi) is 6.85. The van der Waals surface area contributed by atoms with Crippen LogP contribution in [0.5, 0.6) is 0 Å². The monoisotopic (exact) mass is 365 g/mol. The van der Waals surface area contributed by atoms with Gasteiger partial charge < -0.3 is 15.5 Å². The van der Waals surface area contributed by atoms with Crippen molar-refractivity contribution in [3.63, 3.8) is 0 Å². The summed E-state index contributed by atoms with van der Waals surface area (Å²) < 4.78 is 0. The second-order valence-corrected chi connectivity index (χ2v) is 7.18. The number of nitrogens with one attached hydrogen (secondary N) is 2. The molecule has 2 fully saturated rings. The SMILES string of the molecule is CNCC1CCN(C(=O)c2ccc(NC(=O)C3CC3C)cc2)CC1.Cl. The Morgan fingerprint density at radius 3 is 2.28 bits per heavy atom. The topological polar surface area (TPSA) is 61.4 Å². The maximum Gasteiger partial charge on any atom is 0.253 e. The zero-order chi connectivity index (χ0) is 17.1. The molecule has 25 heavy (non-hydrogen) atoms. The fraction of sp³-hybridized carbons (Fsp3) is 0.579. The van der Waals surface area contributed by atoms with E-state index in [0.29, 0.717) is 17.4 Å². The average molecular weight is 366 g/mol. The fourth-order valence-electron chi connectivity index (χ4n) is 3.43. The van der Waals surface area contributed by atoms with Crippen molar-refractivity contribution >= 4 is 29.9 Å². The summed E-state index contributed by atoms with van der Waals surface area (Å²) in [7, 11) is 1.97. The molecular weight excluding hydrogens is 338 g/mol. The van der Waals surface area contributed by atoms with Gasteiger partial charge in [0.1, 0.15) is 0 Å². The van der Waals surface area contributed by atoms with Crippen molar-refractivity contribution in [2.45, 2.75) is 26.2 Å². The molecule has 2 aliphatic rings. The Morgan fingerprint density at radius 1 is 1.16 bits per heavy atom. The van der Waals surface area contributed by atoms with E-state index in [0.717, 1.165) is 44.6 Å². The summed E-state index contributed by atoms with van der Waals surface area (Å²) in [6.07, 6.45) is 3.09. The molecule has 138 valence electrons. The fourth-order valence-corrected chi connectivity index (χ4v) is 3.43. The number of carbonyl (C=O) groups is 2. The first-order chi connectivity index (χ1) is 11.6. The first-order valence-electron chi connectivity index (χ1n) is 8.93. The summed E-state index contributed by atoms with van der Waals surface area (Å²) in [6.45, 7) is 4.76. The van der Waals surface area contributed by atoms with E-state index in [9.17, 15) is 9.59 Å². The van der Waals surface area contributed by atoms with Crippen molar-refractivity contribution in [1.29, 1.82) is 0 Å². The summed E-state index contributed by atoms with van der Waals surface area (Å²) in [5.74, 6) is 1.50. The quantitative estimate of drug-likeness (QED) is 0.843. The first-order valence-corrected chi connectivity index (χ1v) is 8.93. The molecule has 1 aliphatic carbocycles. The number of nitrogens with zero attached hydrogens (tertiary/aromatic N) is 1. The highest BCUT2D eigenvalue weighted by molar-refractivity contribution is 5.97. The molecule has 0 bridgehead atoms. The largest absolute Gasteiger partial charge is 0.339 e. The molecule has 1 aromatic carbocycles. The second-order valence-electron chi connectivity index (χ2n) is 7.18. The van der Waals surface area contributed by atoms with Gasteiger partial charge in [-0.3, -0.25) is 9.59 Å². The number of rotatable bonds is 5. The number of carbonyl (C=O) groups excluding carboxylic acids is 2. The van der Waals surface area contributed by atoms with Crippen LogP contribution in [-0.4, -0.2) is 43.4 Å². The maximum atomic E-state index is 12.6. The van der Waals surface area contributed by atoms with Crippen LogP contribution in [0.3, 0.4) is 0 Å². The standard InChI is InChI=1S/C19H27N3O2.ClH/c1-13-11-17(13)18(23)21-16-5-3-15(4-6-16)19(24)22-9-7-14(8-10-22)12-20-2;/h3-6,13-14,17,20H,7-12H2,1-2H3,(H,21,23);1H. The van der Waals surface area contributed by atoms with Crippen LogP contribution >= 0.6 is 12.4 Å². The summed E-state index contributed by atoms with van der Waals surface area (Å²) in [5.41, 5.74) is 1.46. The highest BCUT2D eigenvalue weighted by Crippen LogP contribution is 2.38. The van der Waals surface area contributed by atoms with E-state index in [1.54, 1.807) is 0 Å². The second kappa shape index (κ2) is 8.68. The lowest BCUT2D eigenvalue weighted by Gasteiger charge is -2.32. The minimum Gasteiger partial charge on any atom is -0.339 e. The molecule has 1 heterocycles. The molecule has 2 N–H and O–H groups in total. The van der Waals surface area contributed by atoms with Crippen LogP contribution in [0.15, 0.2) is 24.3 Å². The van der Waals surface area contributed by atoms with E-state index in [4.69, 9.17) is 0 Å². The van der Waals surface area contributed by atoms with Gasteiger partial charge >= 0.3 is 0 Å². The van der Waals surface area contributed by atoms with Gasteiger partial charge in [-0.25, -0.2) is 0 Å². The number of amides is 2. The highest BCUT2D eigenvalue weighted by atomic mass is 35.5. The van der Waals surface area contributed by atoms with E-state index in [1.807, 2.05) is 36.2 Å². The number of benzene rings is 1. The predicted octanol–water partition coefficient (Wildman–Crippen LogP) is 2.77. The van der Waals surface area contributed by atoms with Gasteiger partial charge in [0.2, 0.25) is 5.91 Å². The number of anilines is 1. The minimum atomic E-state index is 0.